The number of hydrogen-bond donors (Lipinski definition) is 0. The highest BCUT2D eigenvalue weighted by Gasteiger charge is 1.98. The first kappa shape index (κ1) is 29.0. The zero-order valence-corrected chi connectivity index (χ0v) is 21.3. The van der Waals surface area contributed by atoms with E-state index in [4.69, 9.17) is 0 Å². The van der Waals surface area contributed by atoms with Gasteiger partial charge < -0.3 is 0 Å². The highest BCUT2D eigenvalue weighted by molar-refractivity contribution is 4.53. The Morgan fingerprint density at radius 1 is 0.345 bits per heavy atom. The fourth-order valence-electron chi connectivity index (χ4n) is 4.48. The van der Waals surface area contributed by atoms with Gasteiger partial charge in [0.1, 0.15) is 0 Å². The summed E-state index contributed by atoms with van der Waals surface area (Å²) in [6.45, 7) is 7.03. The van der Waals surface area contributed by atoms with Gasteiger partial charge in [-0.15, -0.1) is 0 Å². The molecule has 0 nitrogen and oxygen atoms in total. The fraction of sp³-hybridized carbons (Fsp3) is 1.00. The molecule has 0 saturated carbocycles. The van der Waals surface area contributed by atoms with Crippen LogP contribution >= 0.6 is 0 Å². The molecule has 0 aliphatic rings. The molecular weight excluding hydrogens is 348 g/mol. The van der Waals surface area contributed by atoms with Crippen molar-refractivity contribution in [2.75, 3.05) is 0 Å². The molecule has 1 atom stereocenters. The summed E-state index contributed by atoms with van der Waals surface area (Å²) in [6.07, 6.45) is 36.9. The summed E-state index contributed by atoms with van der Waals surface area (Å²) in [5.41, 5.74) is 0. The molecule has 0 heterocycles. The minimum Gasteiger partial charge on any atom is -0.0654 e. The van der Waals surface area contributed by atoms with E-state index in [-0.39, 0.29) is 0 Å². The van der Waals surface area contributed by atoms with Crippen LogP contribution in [0.1, 0.15) is 181 Å². The molecule has 0 aromatic carbocycles. The molecule has 0 spiro atoms. The smallest absolute Gasteiger partial charge is 0.0445 e. The maximum Gasteiger partial charge on any atom is -0.0445 e. The first-order chi connectivity index (χ1) is 14.3. The zero-order chi connectivity index (χ0) is 21.3. The lowest BCUT2D eigenvalue weighted by Gasteiger charge is -2.07. The number of hydrogen-bond acceptors (Lipinski definition) is 0. The van der Waals surface area contributed by atoms with E-state index in [0.29, 0.717) is 0 Å². The molecule has 0 bridgehead atoms. The molecule has 0 radical (unpaired) electrons. The largest absolute Gasteiger partial charge is 0.0654 e. The Bertz CT molecular complexity index is 269. The van der Waals surface area contributed by atoms with Crippen LogP contribution in [0, 0.1) is 5.92 Å². The number of rotatable bonds is 25. The van der Waals surface area contributed by atoms with Crippen LogP contribution in [0.2, 0.25) is 0 Å². The highest BCUT2D eigenvalue weighted by atomic mass is 14.0. The van der Waals surface area contributed by atoms with Crippen molar-refractivity contribution in [3.63, 3.8) is 0 Å². The van der Waals surface area contributed by atoms with Gasteiger partial charge in [-0.05, 0) is 5.92 Å². The van der Waals surface area contributed by atoms with Crippen molar-refractivity contribution < 1.29 is 0 Å². The van der Waals surface area contributed by atoms with E-state index in [2.05, 4.69) is 20.8 Å². The minimum atomic E-state index is 0.949. The Balaban J connectivity index is 3.00. The van der Waals surface area contributed by atoms with Gasteiger partial charge in [-0.3, -0.25) is 0 Å². The van der Waals surface area contributed by atoms with Crippen LogP contribution in [0.25, 0.3) is 0 Å². The Kier molecular flexibility index (Phi) is 26.0. The van der Waals surface area contributed by atoms with Gasteiger partial charge in [-0.2, -0.15) is 0 Å². The van der Waals surface area contributed by atoms with Crippen LogP contribution in [-0.2, 0) is 0 Å². The van der Waals surface area contributed by atoms with Gasteiger partial charge in [0.2, 0.25) is 0 Å². The SMILES string of the molecule is CCCCCCCCCCCCCCCCCCCCCCCCC[C@H](C)CC. The highest BCUT2D eigenvalue weighted by Crippen LogP contribution is 2.16. The summed E-state index contributed by atoms with van der Waals surface area (Å²) in [6, 6.07) is 0. The number of unbranched alkanes of at least 4 members (excludes halogenated alkanes) is 22. The Labute approximate surface area is 187 Å². The van der Waals surface area contributed by atoms with Gasteiger partial charge in [-0.25, -0.2) is 0 Å². The van der Waals surface area contributed by atoms with E-state index in [0.717, 1.165) is 5.92 Å². The molecule has 0 amide bonds. The zero-order valence-electron chi connectivity index (χ0n) is 21.3. The van der Waals surface area contributed by atoms with Crippen LogP contribution in [0.3, 0.4) is 0 Å². The molecule has 0 N–H and O–H groups in total. The van der Waals surface area contributed by atoms with Gasteiger partial charge in [-0.1, -0.05) is 181 Å². The molecule has 176 valence electrons. The topological polar surface area (TPSA) is 0 Å². The summed E-state index contributed by atoms with van der Waals surface area (Å²) in [4.78, 5) is 0. The molecule has 0 unspecified atom stereocenters. The standard InChI is InChI=1S/C29H60/c1-4-6-7-8-9-10-11-12-13-14-15-16-17-18-19-20-21-22-23-24-25-26-27-28-29(3)5-2/h29H,4-28H2,1-3H3/t29-/m1/s1. The van der Waals surface area contributed by atoms with Gasteiger partial charge in [0, 0.05) is 0 Å². The van der Waals surface area contributed by atoms with Gasteiger partial charge in [0.05, 0.1) is 0 Å². The van der Waals surface area contributed by atoms with Crippen molar-refractivity contribution in [3.8, 4) is 0 Å². The molecule has 0 fully saturated rings. The van der Waals surface area contributed by atoms with Crippen LogP contribution in [0.15, 0.2) is 0 Å². The van der Waals surface area contributed by atoms with Gasteiger partial charge in [0.15, 0.2) is 0 Å². The normalized spacial score (nSPS) is 12.5. The predicted molar refractivity (Wildman–Crippen MR) is 136 cm³/mol. The van der Waals surface area contributed by atoms with E-state index in [1.54, 1.807) is 0 Å². The molecule has 0 heteroatoms. The van der Waals surface area contributed by atoms with E-state index < -0.39 is 0 Å². The van der Waals surface area contributed by atoms with Crippen LogP contribution in [-0.4, -0.2) is 0 Å². The summed E-state index contributed by atoms with van der Waals surface area (Å²) in [5.74, 6) is 0.949. The molecule has 0 saturated heterocycles. The van der Waals surface area contributed by atoms with Crippen LogP contribution in [0.5, 0.6) is 0 Å². The first-order valence-electron chi connectivity index (χ1n) is 14.3. The fourth-order valence-corrected chi connectivity index (χ4v) is 4.48. The monoisotopic (exact) mass is 408 g/mol. The molecule has 0 rings (SSSR count). The summed E-state index contributed by atoms with van der Waals surface area (Å²) in [5, 5.41) is 0. The average Bonchev–Trinajstić information content (AvgIpc) is 2.74. The summed E-state index contributed by atoms with van der Waals surface area (Å²) >= 11 is 0. The van der Waals surface area contributed by atoms with Gasteiger partial charge >= 0.3 is 0 Å². The minimum absolute atomic E-state index is 0.949. The molecule has 0 aromatic heterocycles. The molecule has 29 heavy (non-hydrogen) atoms. The van der Waals surface area contributed by atoms with Crippen molar-refractivity contribution in [1.29, 1.82) is 0 Å². The molecule has 0 aliphatic heterocycles. The van der Waals surface area contributed by atoms with Crippen LogP contribution < -0.4 is 0 Å². The second-order valence-corrected chi connectivity index (χ2v) is 10.1. The lowest BCUT2D eigenvalue weighted by atomic mass is 9.99. The molecule has 0 aromatic rings. The lowest BCUT2D eigenvalue weighted by Crippen LogP contribution is -1.91. The molecular formula is C29H60. The quantitative estimate of drug-likeness (QED) is 0.132. The van der Waals surface area contributed by atoms with E-state index >= 15 is 0 Å². The maximum absolute atomic E-state index is 2.40. The molecule has 0 aliphatic carbocycles. The van der Waals surface area contributed by atoms with E-state index in [9.17, 15) is 0 Å². The third kappa shape index (κ3) is 26.0. The average molecular weight is 409 g/mol. The van der Waals surface area contributed by atoms with Crippen molar-refractivity contribution in [3.05, 3.63) is 0 Å². The lowest BCUT2D eigenvalue weighted by molar-refractivity contribution is 0.468. The Hall–Kier alpha value is 0. The summed E-state index contributed by atoms with van der Waals surface area (Å²) in [7, 11) is 0. The van der Waals surface area contributed by atoms with E-state index in [1.807, 2.05) is 0 Å². The van der Waals surface area contributed by atoms with Crippen molar-refractivity contribution in [2.45, 2.75) is 181 Å². The third-order valence-corrected chi connectivity index (χ3v) is 7.00. The Morgan fingerprint density at radius 2 is 0.586 bits per heavy atom. The maximum atomic E-state index is 2.40. The predicted octanol–water partition coefficient (Wildman–Crippen LogP) is 11.4. The van der Waals surface area contributed by atoms with Crippen molar-refractivity contribution >= 4 is 0 Å². The summed E-state index contributed by atoms with van der Waals surface area (Å²) < 4.78 is 0. The third-order valence-electron chi connectivity index (χ3n) is 7.00. The van der Waals surface area contributed by atoms with E-state index in [1.165, 1.54) is 161 Å². The Morgan fingerprint density at radius 3 is 0.828 bits per heavy atom. The van der Waals surface area contributed by atoms with Gasteiger partial charge in [0.25, 0.3) is 0 Å². The first-order valence-corrected chi connectivity index (χ1v) is 14.3. The second-order valence-electron chi connectivity index (χ2n) is 10.1. The van der Waals surface area contributed by atoms with Crippen molar-refractivity contribution in [2.24, 2.45) is 5.92 Å². The second kappa shape index (κ2) is 26.0. The van der Waals surface area contributed by atoms with Crippen LogP contribution in [0.4, 0.5) is 0 Å². The van der Waals surface area contributed by atoms with Crippen molar-refractivity contribution in [1.82, 2.24) is 0 Å².